The lowest BCUT2D eigenvalue weighted by atomic mass is 9.80. The molecule has 2 rings (SSSR count). The largest absolute Gasteiger partial charge is 0.467 e. The minimum Gasteiger partial charge on any atom is -0.467 e. The smallest absolute Gasteiger partial charge is 0.347 e. The molecule has 1 fully saturated rings. The second-order valence-electron chi connectivity index (χ2n) is 10.3. The average Bonchev–Trinajstić information content (AvgIpc) is 2.85. The number of hydrogen-bond donors (Lipinski definition) is 1. The Bertz CT molecular complexity index is 896. The van der Waals surface area contributed by atoms with Gasteiger partial charge in [-0.2, -0.15) is 0 Å². The Kier molecular flexibility index (Phi) is 7.00. The highest BCUT2D eigenvalue weighted by molar-refractivity contribution is 6.13. The zero-order chi connectivity index (χ0) is 25.4. The fourth-order valence-electron chi connectivity index (χ4n) is 3.85. The number of methoxy groups -OCH3 is 1. The second-order valence-corrected chi connectivity index (χ2v) is 10.3. The van der Waals surface area contributed by atoms with Gasteiger partial charge in [0, 0.05) is 0 Å². The Morgan fingerprint density at radius 3 is 1.82 bits per heavy atom. The molecule has 1 N–H and O–H groups in total. The van der Waals surface area contributed by atoms with Gasteiger partial charge < -0.3 is 19.3 Å². The van der Waals surface area contributed by atoms with Gasteiger partial charge in [-0.25, -0.2) is 14.4 Å². The summed E-state index contributed by atoms with van der Waals surface area (Å²) in [7, 11) is 1.12. The molecule has 1 amide bonds. The van der Waals surface area contributed by atoms with E-state index in [0.29, 0.717) is 0 Å². The molecule has 0 bridgehead atoms. The number of amides is 1. The van der Waals surface area contributed by atoms with Gasteiger partial charge in [-0.1, -0.05) is 30.3 Å². The van der Waals surface area contributed by atoms with E-state index in [9.17, 15) is 24.3 Å². The van der Waals surface area contributed by atoms with E-state index in [4.69, 9.17) is 14.2 Å². The van der Waals surface area contributed by atoms with Crippen LogP contribution < -0.4 is 0 Å². The van der Waals surface area contributed by atoms with Crippen LogP contribution in [0.1, 0.15) is 66.5 Å². The number of carbonyl (C=O) groups is 4. The number of rotatable bonds is 5. The number of carbonyl (C=O) groups excluding carboxylic acids is 4. The van der Waals surface area contributed by atoms with Gasteiger partial charge in [0.15, 0.2) is 6.04 Å². The monoisotopic (exact) mass is 463 g/mol. The standard InChI is InChI=1S/C24H33NO8/c1-21(2,3)32-19(28)24(20(29)33-22(4,5)6)23(7,30)14-16(26)25(24)17(18(27)31-8)15-12-10-9-11-13-15/h9-13,17,30H,14H2,1-8H3/t17-,23?/m1/s1. The lowest BCUT2D eigenvalue weighted by Crippen LogP contribution is -2.70. The summed E-state index contributed by atoms with van der Waals surface area (Å²) < 4.78 is 16.0. The minimum atomic E-state index is -2.67. The van der Waals surface area contributed by atoms with E-state index in [2.05, 4.69) is 0 Å². The molecular weight excluding hydrogens is 430 g/mol. The van der Waals surface area contributed by atoms with Gasteiger partial charge in [0.05, 0.1) is 13.5 Å². The lowest BCUT2D eigenvalue weighted by molar-refractivity contribution is -0.204. The van der Waals surface area contributed by atoms with Crippen LogP contribution in [-0.2, 0) is 33.4 Å². The van der Waals surface area contributed by atoms with E-state index in [-0.39, 0.29) is 5.56 Å². The molecule has 0 spiro atoms. The van der Waals surface area contributed by atoms with Gasteiger partial charge >= 0.3 is 17.9 Å². The molecule has 33 heavy (non-hydrogen) atoms. The first-order chi connectivity index (χ1) is 15.0. The molecule has 9 heteroatoms. The summed E-state index contributed by atoms with van der Waals surface area (Å²) in [4.78, 5) is 54.4. The van der Waals surface area contributed by atoms with Gasteiger partial charge in [-0.15, -0.1) is 0 Å². The van der Waals surface area contributed by atoms with Crippen LogP contribution in [0.4, 0.5) is 0 Å². The van der Waals surface area contributed by atoms with Crippen LogP contribution in [0.5, 0.6) is 0 Å². The molecule has 0 aromatic heterocycles. The molecular formula is C24H33NO8. The van der Waals surface area contributed by atoms with Crippen molar-refractivity contribution >= 4 is 23.8 Å². The summed E-state index contributed by atoms with van der Waals surface area (Å²) in [5, 5.41) is 11.4. The van der Waals surface area contributed by atoms with E-state index in [0.717, 1.165) is 12.0 Å². The zero-order valence-electron chi connectivity index (χ0n) is 20.4. The van der Waals surface area contributed by atoms with Gasteiger partial charge in [0.25, 0.3) is 5.54 Å². The van der Waals surface area contributed by atoms with Gasteiger partial charge in [-0.3, -0.25) is 9.69 Å². The van der Waals surface area contributed by atoms with Crippen LogP contribution in [0.2, 0.25) is 0 Å². The highest BCUT2D eigenvalue weighted by Crippen LogP contribution is 2.47. The summed E-state index contributed by atoms with van der Waals surface area (Å²) in [5.74, 6) is -4.12. The SMILES string of the molecule is COC(=O)[C@@H](c1ccccc1)N1C(=O)CC(C)(O)C1(C(=O)OC(C)(C)C)C(=O)OC(C)(C)C. The van der Waals surface area contributed by atoms with E-state index < -0.39 is 58.6 Å². The first kappa shape index (κ1) is 26.3. The number of esters is 3. The summed E-state index contributed by atoms with van der Waals surface area (Å²) in [5.41, 5.74) is -6.79. The van der Waals surface area contributed by atoms with Crippen LogP contribution in [0.15, 0.2) is 30.3 Å². The first-order valence-electron chi connectivity index (χ1n) is 10.6. The molecule has 1 saturated heterocycles. The molecule has 1 aliphatic heterocycles. The van der Waals surface area contributed by atoms with Crippen molar-refractivity contribution in [2.24, 2.45) is 0 Å². The van der Waals surface area contributed by atoms with E-state index >= 15 is 0 Å². The van der Waals surface area contributed by atoms with Crippen molar-refractivity contribution in [3.05, 3.63) is 35.9 Å². The Labute approximate surface area is 194 Å². The number of hydrogen-bond acceptors (Lipinski definition) is 8. The predicted octanol–water partition coefficient (Wildman–Crippen LogP) is 2.31. The minimum absolute atomic E-state index is 0.284. The van der Waals surface area contributed by atoms with Crippen LogP contribution >= 0.6 is 0 Å². The molecule has 1 aliphatic rings. The van der Waals surface area contributed by atoms with Gasteiger partial charge in [0.1, 0.15) is 16.8 Å². The number of nitrogens with zero attached hydrogens (tertiary/aromatic N) is 1. The van der Waals surface area contributed by atoms with Crippen molar-refractivity contribution in [3.8, 4) is 0 Å². The Hall–Kier alpha value is -2.94. The highest BCUT2D eigenvalue weighted by atomic mass is 16.6. The van der Waals surface area contributed by atoms with Crippen molar-refractivity contribution in [1.82, 2.24) is 4.90 Å². The summed E-state index contributed by atoms with van der Waals surface area (Å²) >= 11 is 0. The summed E-state index contributed by atoms with van der Waals surface area (Å²) in [6, 6.07) is 6.56. The maximum absolute atomic E-state index is 13.7. The van der Waals surface area contributed by atoms with Crippen LogP contribution in [0, 0.1) is 0 Å². The topological polar surface area (TPSA) is 119 Å². The highest BCUT2D eigenvalue weighted by Gasteiger charge is 2.74. The summed E-state index contributed by atoms with van der Waals surface area (Å²) in [6.07, 6.45) is -0.619. The third kappa shape index (κ3) is 5.03. The molecule has 182 valence electrons. The number of ether oxygens (including phenoxy) is 3. The van der Waals surface area contributed by atoms with E-state index in [1.54, 1.807) is 71.9 Å². The number of likely N-dealkylation sites (tertiary alicyclic amines) is 1. The maximum Gasteiger partial charge on any atom is 0.347 e. The molecule has 1 aromatic carbocycles. The van der Waals surface area contributed by atoms with Crippen LogP contribution in [0.3, 0.4) is 0 Å². The normalized spacial score (nSPS) is 21.4. The average molecular weight is 464 g/mol. The van der Waals surface area contributed by atoms with Crippen molar-refractivity contribution in [2.45, 2.75) is 83.3 Å². The van der Waals surface area contributed by atoms with Crippen molar-refractivity contribution in [1.29, 1.82) is 0 Å². The number of benzene rings is 1. The molecule has 1 heterocycles. The Morgan fingerprint density at radius 1 is 0.970 bits per heavy atom. The summed E-state index contributed by atoms with van der Waals surface area (Å²) in [6.45, 7) is 10.7. The molecule has 1 unspecified atom stereocenters. The van der Waals surface area contributed by atoms with E-state index in [1.807, 2.05) is 0 Å². The maximum atomic E-state index is 13.7. The third-order valence-corrected chi connectivity index (χ3v) is 5.09. The molecule has 2 atom stereocenters. The van der Waals surface area contributed by atoms with Crippen molar-refractivity contribution in [3.63, 3.8) is 0 Å². The lowest BCUT2D eigenvalue weighted by Gasteiger charge is -2.44. The molecule has 9 nitrogen and oxygen atoms in total. The van der Waals surface area contributed by atoms with Gasteiger partial charge in [0.2, 0.25) is 5.91 Å². The molecule has 0 aliphatic carbocycles. The molecule has 0 radical (unpaired) electrons. The fraction of sp³-hybridized carbons (Fsp3) is 0.583. The second kappa shape index (κ2) is 8.78. The quantitative estimate of drug-likeness (QED) is 0.401. The Morgan fingerprint density at radius 2 is 1.42 bits per heavy atom. The first-order valence-corrected chi connectivity index (χ1v) is 10.6. The Balaban J connectivity index is 2.88. The van der Waals surface area contributed by atoms with Crippen molar-refractivity contribution < 1.29 is 38.5 Å². The fourth-order valence-corrected chi connectivity index (χ4v) is 3.85. The molecule has 0 saturated carbocycles. The third-order valence-electron chi connectivity index (χ3n) is 5.09. The zero-order valence-corrected chi connectivity index (χ0v) is 20.4. The van der Waals surface area contributed by atoms with Crippen molar-refractivity contribution in [2.75, 3.05) is 7.11 Å². The van der Waals surface area contributed by atoms with E-state index in [1.165, 1.54) is 6.92 Å². The van der Waals surface area contributed by atoms with Crippen LogP contribution in [0.25, 0.3) is 0 Å². The molecule has 1 aromatic rings. The van der Waals surface area contributed by atoms with Crippen LogP contribution in [-0.4, -0.2) is 63.3 Å². The van der Waals surface area contributed by atoms with Gasteiger partial charge in [-0.05, 0) is 54.0 Å². The number of aliphatic hydroxyl groups is 1. The predicted molar refractivity (Wildman–Crippen MR) is 118 cm³/mol.